The summed E-state index contributed by atoms with van der Waals surface area (Å²) in [6, 6.07) is 1.87. The lowest BCUT2D eigenvalue weighted by molar-refractivity contribution is 0.377. The van der Waals surface area contributed by atoms with E-state index in [4.69, 9.17) is 10.6 Å². The standard InChI is InChI=1S/C12H22N4O/c1-4-5-9(2)6-11(16-13)10-7-12(17-3)15-8-14-10/h7-9,11,16H,4-6,13H2,1-3H3. The summed E-state index contributed by atoms with van der Waals surface area (Å²) in [6.07, 6.45) is 4.85. The highest BCUT2D eigenvalue weighted by atomic mass is 16.5. The van der Waals surface area contributed by atoms with Crippen LogP contribution >= 0.6 is 0 Å². The molecule has 1 heterocycles. The van der Waals surface area contributed by atoms with Crippen molar-refractivity contribution in [3.05, 3.63) is 18.1 Å². The highest BCUT2D eigenvalue weighted by Crippen LogP contribution is 2.23. The van der Waals surface area contributed by atoms with Crippen LogP contribution in [0.15, 0.2) is 12.4 Å². The molecule has 0 amide bonds. The Bertz CT molecular complexity index is 332. The van der Waals surface area contributed by atoms with Gasteiger partial charge in [-0.15, -0.1) is 0 Å². The van der Waals surface area contributed by atoms with E-state index in [-0.39, 0.29) is 6.04 Å². The van der Waals surface area contributed by atoms with Crippen LogP contribution in [0, 0.1) is 5.92 Å². The molecule has 0 aromatic carbocycles. The van der Waals surface area contributed by atoms with Gasteiger partial charge >= 0.3 is 0 Å². The predicted octanol–water partition coefficient (Wildman–Crippen LogP) is 1.82. The summed E-state index contributed by atoms with van der Waals surface area (Å²) >= 11 is 0. The fraction of sp³-hybridized carbons (Fsp3) is 0.667. The molecule has 0 fully saturated rings. The number of nitrogens with one attached hydrogen (secondary N) is 1. The van der Waals surface area contributed by atoms with Gasteiger partial charge in [-0.05, 0) is 12.3 Å². The highest BCUT2D eigenvalue weighted by molar-refractivity contribution is 5.16. The number of nitrogens with two attached hydrogens (primary N) is 1. The number of rotatable bonds is 7. The Morgan fingerprint density at radius 3 is 2.82 bits per heavy atom. The molecule has 5 nitrogen and oxygen atoms in total. The van der Waals surface area contributed by atoms with Crippen LogP contribution in [0.1, 0.15) is 44.8 Å². The van der Waals surface area contributed by atoms with E-state index in [2.05, 4.69) is 29.2 Å². The molecule has 1 aromatic rings. The van der Waals surface area contributed by atoms with Crippen LogP contribution in [0.2, 0.25) is 0 Å². The number of nitrogens with zero attached hydrogens (tertiary/aromatic N) is 2. The Balaban J connectivity index is 2.71. The normalized spacial score (nSPS) is 14.4. The van der Waals surface area contributed by atoms with Crippen molar-refractivity contribution in [1.29, 1.82) is 0 Å². The second-order valence-electron chi connectivity index (χ2n) is 4.33. The summed E-state index contributed by atoms with van der Waals surface area (Å²) < 4.78 is 5.08. The first-order valence-electron chi connectivity index (χ1n) is 6.03. The van der Waals surface area contributed by atoms with Crippen LogP contribution in [-0.2, 0) is 0 Å². The molecule has 1 aromatic heterocycles. The first kappa shape index (κ1) is 13.9. The Morgan fingerprint density at radius 2 is 2.24 bits per heavy atom. The van der Waals surface area contributed by atoms with E-state index in [1.54, 1.807) is 7.11 Å². The van der Waals surface area contributed by atoms with Gasteiger partial charge in [0.25, 0.3) is 0 Å². The van der Waals surface area contributed by atoms with E-state index in [0.717, 1.165) is 12.1 Å². The van der Waals surface area contributed by atoms with Gasteiger partial charge in [-0.3, -0.25) is 11.3 Å². The minimum atomic E-state index is 0.0495. The van der Waals surface area contributed by atoms with Gasteiger partial charge in [0.2, 0.25) is 5.88 Å². The number of methoxy groups -OCH3 is 1. The smallest absolute Gasteiger partial charge is 0.216 e. The molecule has 0 radical (unpaired) electrons. The fourth-order valence-corrected chi connectivity index (χ4v) is 1.94. The van der Waals surface area contributed by atoms with E-state index in [1.807, 2.05) is 6.07 Å². The molecule has 3 N–H and O–H groups in total. The molecular weight excluding hydrogens is 216 g/mol. The largest absolute Gasteiger partial charge is 0.481 e. The molecule has 0 aliphatic carbocycles. The first-order chi connectivity index (χ1) is 8.21. The maximum absolute atomic E-state index is 5.59. The van der Waals surface area contributed by atoms with Gasteiger partial charge in [0.05, 0.1) is 18.8 Å². The Kier molecular flexibility index (Phi) is 5.86. The van der Waals surface area contributed by atoms with Crippen molar-refractivity contribution >= 4 is 0 Å². The van der Waals surface area contributed by atoms with Gasteiger partial charge < -0.3 is 4.74 Å². The minimum Gasteiger partial charge on any atom is -0.481 e. The topological polar surface area (TPSA) is 73.1 Å². The molecule has 2 atom stereocenters. The SMILES string of the molecule is CCCC(C)CC(NN)c1cc(OC)ncn1. The van der Waals surface area contributed by atoms with Crippen LogP contribution in [-0.4, -0.2) is 17.1 Å². The van der Waals surface area contributed by atoms with E-state index in [0.29, 0.717) is 11.8 Å². The van der Waals surface area contributed by atoms with Crippen molar-refractivity contribution in [2.24, 2.45) is 11.8 Å². The molecule has 1 rings (SSSR count). The molecule has 0 saturated heterocycles. The van der Waals surface area contributed by atoms with Crippen molar-refractivity contribution in [1.82, 2.24) is 15.4 Å². The van der Waals surface area contributed by atoms with Gasteiger partial charge in [-0.25, -0.2) is 9.97 Å². The monoisotopic (exact) mass is 238 g/mol. The van der Waals surface area contributed by atoms with Crippen molar-refractivity contribution in [2.45, 2.75) is 39.2 Å². The van der Waals surface area contributed by atoms with Crippen LogP contribution in [0.25, 0.3) is 0 Å². The molecular formula is C12H22N4O. The van der Waals surface area contributed by atoms with E-state index in [9.17, 15) is 0 Å². The lowest BCUT2D eigenvalue weighted by atomic mass is 9.96. The van der Waals surface area contributed by atoms with Crippen LogP contribution in [0.5, 0.6) is 5.88 Å². The zero-order valence-electron chi connectivity index (χ0n) is 10.8. The lowest BCUT2D eigenvalue weighted by Gasteiger charge is -2.19. The lowest BCUT2D eigenvalue weighted by Crippen LogP contribution is -2.30. The molecule has 0 saturated carbocycles. The molecule has 5 heteroatoms. The molecule has 0 aliphatic heterocycles. The maximum Gasteiger partial charge on any atom is 0.216 e. The van der Waals surface area contributed by atoms with Crippen LogP contribution < -0.4 is 16.0 Å². The fourth-order valence-electron chi connectivity index (χ4n) is 1.94. The Morgan fingerprint density at radius 1 is 1.47 bits per heavy atom. The third-order valence-electron chi connectivity index (χ3n) is 2.85. The molecule has 96 valence electrons. The predicted molar refractivity (Wildman–Crippen MR) is 67.3 cm³/mol. The summed E-state index contributed by atoms with van der Waals surface area (Å²) in [4.78, 5) is 8.23. The van der Waals surface area contributed by atoms with Crippen molar-refractivity contribution in [3.8, 4) is 5.88 Å². The molecule has 0 bridgehead atoms. The number of hydrogen-bond acceptors (Lipinski definition) is 5. The zero-order valence-corrected chi connectivity index (χ0v) is 10.8. The number of hydrazine groups is 1. The van der Waals surface area contributed by atoms with Gasteiger partial charge in [-0.1, -0.05) is 26.7 Å². The van der Waals surface area contributed by atoms with Crippen molar-refractivity contribution < 1.29 is 4.74 Å². The first-order valence-corrected chi connectivity index (χ1v) is 6.03. The Hall–Kier alpha value is -1.20. The molecule has 2 unspecified atom stereocenters. The average molecular weight is 238 g/mol. The van der Waals surface area contributed by atoms with Gasteiger partial charge in [0.15, 0.2) is 0 Å². The minimum absolute atomic E-state index is 0.0495. The van der Waals surface area contributed by atoms with Crippen molar-refractivity contribution in [3.63, 3.8) is 0 Å². The summed E-state index contributed by atoms with van der Waals surface area (Å²) in [7, 11) is 1.59. The number of ether oxygens (including phenoxy) is 1. The van der Waals surface area contributed by atoms with E-state index < -0.39 is 0 Å². The quantitative estimate of drug-likeness (QED) is 0.560. The van der Waals surface area contributed by atoms with E-state index >= 15 is 0 Å². The summed E-state index contributed by atoms with van der Waals surface area (Å²) in [5, 5.41) is 0. The maximum atomic E-state index is 5.59. The summed E-state index contributed by atoms with van der Waals surface area (Å²) in [5.74, 6) is 6.77. The summed E-state index contributed by atoms with van der Waals surface area (Å²) in [5.41, 5.74) is 3.69. The Labute approximate surface area is 103 Å². The van der Waals surface area contributed by atoms with Crippen molar-refractivity contribution in [2.75, 3.05) is 7.11 Å². The van der Waals surface area contributed by atoms with Crippen LogP contribution in [0.4, 0.5) is 0 Å². The number of hydrogen-bond donors (Lipinski definition) is 2. The second-order valence-corrected chi connectivity index (χ2v) is 4.33. The third-order valence-corrected chi connectivity index (χ3v) is 2.85. The highest BCUT2D eigenvalue weighted by Gasteiger charge is 2.15. The number of aromatic nitrogens is 2. The summed E-state index contributed by atoms with van der Waals surface area (Å²) in [6.45, 7) is 4.42. The zero-order chi connectivity index (χ0) is 12.7. The van der Waals surface area contributed by atoms with E-state index in [1.165, 1.54) is 19.2 Å². The molecule has 17 heavy (non-hydrogen) atoms. The molecule has 0 spiro atoms. The second kappa shape index (κ2) is 7.19. The average Bonchev–Trinajstić information content (AvgIpc) is 2.36. The van der Waals surface area contributed by atoms with Crippen LogP contribution in [0.3, 0.4) is 0 Å². The van der Waals surface area contributed by atoms with Gasteiger partial charge in [0.1, 0.15) is 6.33 Å². The third kappa shape index (κ3) is 4.28. The van der Waals surface area contributed by atoms with Gasteiger partial charge in [-0.2, -0.15) is 0 Å². The molecule has 0 aliphatic rings. The van der Waals surface area contributed by atoms with Gasteiger partial charge in [0, 0.05) is 6.07 Å².